The van der Waals surface area contributed by atoms with Crippen molar-refractivity contribution in [1.29, 1.82) is 0 Å². The fourth-order valence-electron chi connectivity index (χ4n) is 7.25. The number of hydrogen-bond donors (Lipinski definition) is 3. The average Bonchev–Trinajstić information content (AvgIpc) is 3.79. The van der Waals surface area contributed by atoms with Gasteiger partial charge in [-0.3, -0.25) is 4.99 Å². The number of H-pyrrole nitrogens is 3. The Morgan fingerprint density at radius 2 is 1.25 bits per heavy atom. The summed E-state index contributed by atoms with van der Waals surface area (Å²) in [5.74, 6) is 0.0455. The van der Waals surface area contributed by atoms with Gasteiger partial charge in [0.15, 0.2) is 0 Å². The fraction of sp³-hybridized carbons (Fsp3) is 0.405. The number of aliphatic imine (C=N–C) groups is 1. The van der Waals surface area contributed by atoms with Crippen molar-refractivity contribution in [2.24, 2.45) is 10.4 Å². The first-order valence-corrected chi connectivity index (χ1v) is 19.0. The monoisotopic (exact) mass is 816 g/mol. The van der Waals surface area contributed by atoms with Gasteiger partial charge < -0.3 is 15.0 Å². The van der Waals surface area contributed by atoms with Gasteiger partial charge in [0.05, 0.1) is 22.5 Å². The summed E-state index contributed by atoms with van der Waals surface area (Å²) in [7, 11) is 0. The topological polar surface area (TPSA) is 59.7 Å². The van der Waals surface area contributed by atoms with Crippen molar-refractivity contribution in [3.63, 3.8) is 0 Å². The summed E-state index contributed by atoms with van der Waals surface area (Å²) in [5.41, 5.74) is 12.7. The zero-order valence-electron chi connectivity index (χ0n) is 29.9. The number of nitrogens with one attached hydrogen (secondary N) is 3. The fourth-order valence-corrected chi connectivity index (χ4v) is 7.97. The first kappa shape index (κ1) is 35.0. The summed E-state index contributed by atoms with van der Waals surface area (Å²) in [6.07, 6.45) is 1.98. The van der Waals surface area contributed by atoms with E-state index in [1.54, 1.807) is 0 Å². The van der Waals surface area contributed by atoms with Crippen molar-refractivity contribution in [2.75, 3.05) is 0 Å². The largest absolute Gasteiger partial charge is 0.361 e. The molecule has 0 saturated carbocycles. The summed E-state index contributed by atoms with van der Waals surface area (Å²) < 4.78 is 2.21. The number of hydrogen-bond acceptors (Lipinski definition) is 1. The maximum atomic E-state index is 5.06. The molecule has 1 aliphatic rings. The number of benzene rings is 2. The lowest BCUT2D eigenvalue weighted by molar-refractivity contribution is 0.320. The second kappa shape index (κ2) is 13.1. The van der Waals surface area contributed by atoms with Crippen molar-refractivity contribution in [3.05, 3.63) is 138 Å². The molecule has 3 aromatic heterocycles. The van der Waals surface area contributed by atoms with Gasteiger partial charge in [0, 0.05) is 44.2 Å². The average molecular weight is 818 g/mol. The summed E-state index contributed by atoms with van der Waals surface area (Å²) in [6.45, 7) is 20.8. The zero-order chi connectivity index (χ0) is 34.6. The van der Waals surface area contributed by atoms with Gasteiger partial charge in [-0.15, -0.1) is 0 Å². The Hall–Kier alpha value is -2.84. The Morgan fingerprint density at radius 3 is 1.77 bits per heavy atom. The van der Waals surface area contributed by atoms with E-state index in [1.807, 2.05) is 0 Å². The van der Waals surface area contributed by atoms with E-state index in [0.29, 0.717) is 0 Å². The molecule has 5 aromatic rings. The lowest BCUT2D eigenvalue weighted by Gasteiger charge is -2.28. The highest BCUT2D eigenvalue weighted by Gasteiger charge is 2.35. The Labute approximate surface area is 309 Å². The van der Waals surface area contributed by atoms with Gasteiger partial charge in [-0.2, -0.15) is 0 Å². The number of rotatable bonds is 8. The van der Waals surface area contributed by atoms with Crippen LogP contribution >= 0.6 is 38.5 Å². The van der Waals surface area contributed by atoms with Crippen molar-refractivity contribution < 1.29 is 0 Å². The SMILES string of the molecule is CC1=NC(Cc2ccc(C(c3cc(C(C)(C)C)cc(C(C)(C)C)c3)c3ccc(C(c4ccc(I)cc4)c4ccc(Br)[nH]4)[nH]3)[nH]2)C(C)(C)C1. The molecular weight excluding hydrogens is 767 g/mol. The predicted octanol–water partition coefficient (Wildman–Crippen LogP) is 11.8. The molecule has 0 spiro atoms. The molecule has 48 heavy (non-hydrogen) atoms. The third kappa shape index (κ3) is 7.50. The van der Waals surface area contributed by atoms with Gasteiger partial charge in [0.1, 0.15) is 0 Å². The smallest absolute Gasteiger partial charge is 0.0822 e. The standard InChI is InChI=1S/C42H50BrIN4/c1-25-24-42(8,9)36(45-25)23-31-14-15-32(46-31)39(27-20-28(40(2,3)4)22-29(21-27)41(5,6)7)34-17-16-33(47-34)38(35-18-19-37(43)48-35)26-10-12-30(44)13-11-26/h10-22,36,38-39,46-48H,23-24H2,1-9H3. The minimum atomic E-state index is 0.00507. The summed E-state index contributed by atoms with van der Waals surface area (Å²) in [5, 5.41) is 0. The predicted molar refractivity (Wildman–Crippen MR) is 214 cm³/mol. The van der Waals surface area contributed by atoms with Crippen LogP contribution in [0.5, 0.6) is 0 Å². The van der Waals surface area contributed by atoms with Crippen molar-refractivity contribution >= 4 is 44.2 Å². The van der Waals surface area contributed by atoms with Gasteiger partial charge in [-0.25, -0.2) is 0 Å². The molecule has 3 unspecified atom stereocenters. The second-order valence-electron chi connectivity index (χ2n) is 16.6. The van der Waals surface area contributed by atoms with Crippen LogP contribution in [0.15, 0.2) is 88.5 Å². The Balaban J connectivity index is 1.49. The molecule has 0 radical (unpaired) electrons. The van der Waals surface area contributed by atoms with Crippen molar-refractivity contribution in [3.8, 4) is 0 Å². The van der Waals surface area contributed by atoms with Crippen LogP contribution in [0, 0.1) is 8.99 Å². The number of aromatic amines is 3. The van der Waals surface area contributed by atoms with Crippen molar-refractivity contribution in [1.82, 2.24) is 15.0 Å². The molecule has 0 aliphatic carbocycles. The molecule has 252 valence electrons. The molecule has 3 atom stereocenters. The van der Waals surface area contributed by atoms with Crippen LogP contribution in [0.3, 0.4) is 0 Å². The van der Waals surface area contributed by atoms with E-state index in [2.05, 4.69) is 195 Å². The molecular formula is C42H50BrIN4. The molecule has 0 fully saturated rings. The van der Waals surface area contributed by atoms with Gasteiger partial charge in [0.25, 0.3) is 0 Å². The van der Waals surface area contributed by atoms with E-state index in [4.69, 9.17) is 4.99 Å². The van der Waals surface area contributed by atoms with Gasteiger partial charge in [-0.1, -0.05) is 85.7 Å². The zero-order valence-corrected chi connectivity index (χ0v) is 33.6. The molecule has 3 N–H and O–H groups in total. The van der Waals surface area contributed by atoms with E-state index in [0.717, 1.165) is 28.8 Å². The van der Waals surface area contributed by atoms with Gasteiger partial charge >= 0.3 is 0 Å². The lowest BCUT2D eigenvalue weighted by Crippen LogP contribution is -2.25. The summed E-state index contributed by atoms with van der Waals surface area (Å²) in [4.78, 5) is 16.5. The van der Waals surface area contributed by atoms with E-state index in [-0.39, 0.29) is 34.1 Å². The summed E-state index contributed by atoms with van der Waals surface area (Å²) >= 11 is 6.04. The van der Waals surface area contributed by atoms with Crippen LogP contribution in [-0.4, -0.2) is 26.7 Å². The number of halogens is 2. The Bertz CT molecular complexity index is 1890. The van der Waals surface area contributed by atoms with E-state index < -0.39 is 0 Å². The van der Waals surface area contributed by atoms with Gasteiger partial charge in [0.2, 0.25) is 0 Å². The molecule has 0 saturated heterocycles. The van der Waals surface area contributed by atoms with Gasteiger partial charge in [-0.05, 0) is 139 Å². The maximum absolute atomic E-state index is 5.06. The highest BCUT2D eigenvalue weighted by molar-refractivity contribution is 14.1. The first-order valence-electron chi connectivity index (χ1n) is 17.1. The molecule has 6 heteroatoms. The van der Waals surface area contributed by atoms with E-state index in [9.17, 15) is 0 Å². The normalized spacial score (nSPS) is 17.8. The molecule has 0 bridgehead atoms. The highest BCUT2D eigenvalue weighted by atomic mass is 127. The van der Waals surface area contributed by atoms with E-state index >= 15 is 0 Å². The number of aromatic nitrogens is 3. The first-order chi connectivity index (χ1) is 22.5. The van der Waals surface area contributed by atoms with Crippen LogP contribution in [0.1, 0.15) is 131 Å². The van der Waals surface area contributed by atoms with Crippen molar-refractivity contribution in [2.45, 2.75) is 104 Å². The quantitative estimate of drug-likeness (QED) is 0.131. The van der Waals surface area contributed by atoms with Crippen LogP contribution < -0.4 is 0 Å². The van der Waals surface area contributed by atoms with Crippen LogP contribution in [0.4, 0.5) is 0 Å². The highest BCUT2D eigenvalue weighted by Crippen LogP contribution is 2.41. The third-order valence-electron chi connectivity index (χ3n) is 10.0. The maximum Gasteiger partial charge on any atom is 0.0822 e. The second-order valence-corrected chi connectivity index (χ2v) is 18.7. The molecule has 4 heterocycles. The minimum Gasteiger partial charge on any atom is -0.361 e. The molecule has 4 nitrogen and oxygen atoms in total. The van der Waals surface area contributed by atoms with Crippen LogP contribution in [-0.2, 0) is 17.3 Å². The molecule has 1 aliphatic heterocycles. The third-order valence-corrected chi connectivity index (χ3v) is 11.2. The Morgan fingerprint density at radius 1 is 0.729 bits per heavy atom. The lowest BCUT2D eigenvalue weighted by atomic mass is 9.77. The molecule has 6 rings (SSSR count). The van der Waals surface area contributed by atoms with E-state index in [1.165, 1.54) is 48.6 Å². The number of nitrogens with zero attached hydrogens (tertiary/aromatic N) is 1. The molecule has 2 aromatic carbocycles. The molecule has 0 amide bonds. The van der Waals surface area contributed by atoms with Crippen LogP contribution in [0.2, 0.25) is 0 Å². The minimum absolute atomic E-state index is 0.00507. The van der Waals surface area contributed by atoms with Crippen LogP contribution in [0.25, 0.3) is 0 Å². The Kier molecular flexibility index (Phi) is 9.57. The summed E-state index contributed by atoms with van der Waals surface area (Å²) in [6, 6.07) is 29.9.